The van der Waals surface area contributed by atoms with Gasteiger partial charge in [-0.15, -0.1) is 0 Å². The minimum atomic E-state index is 0.154. The predicted molar refractivity (Wildman–Crippen MR) is 85.6 cm³/mol. The molecule has 2 heterocycles. The van der Waals surface area contributed by atoms with E-state index in [0.717, 1.165) is 37.2 Å². The van der Waals surface area contributed by atoms with Gasteiger partial charge in [0.05, 0.1) is 18.2 Å². The molecule has 21 heavy (non-hydrogen) atoms. The van der Waals surface area contributed by atoms with E-state index in [1.54, 1.807) is 0 Å². The van der Waals surface area contributed by atoms with Crippen LogP contribution in [0.15, 0.2) is 28.7 Å². The summed E-state index contributed by atoms with van der Waals surface area (Å²) in [5, 5.41) is 4.79. The lowest BCUT2D eigenvalue weighted by molar-refractivity contribution is 0.0271. The van der Waals surface area contributed by atoms with Crippen molar-refractivity contribution in [2.45, 2.75) is 58.3 Å². The number of hydrogen-bond acceptors (Lipinski definition) is 3. The number of rotatable bonds is 5. The van der Waals surface area contributed by atoms with Crippen molar-refractivity contribution in [2.24, 2.45) is 0 Å². The molecule has 0 spiro atoms. The Morgan fingerprint density at radius 1 is 1.33 bits per heavy atom. The summed E-state index contributed by atoms with van der Waals surface area (Å²) in [5.74, 6) is 1.01. The molecule has 1 N–H and O–H groups in total. The largest absolute Gasteiger partial charge is 0.459 e. The summed E-state index contributed by atoms with van der Waals surface area (Å²) in [7, 11) is 0. The molecular weight excluding hydrogens is 262 g/mol. The van der Waals surface area contributed by atoms with Gasteiger partial charge in [0.25, 0.3) is 0 Å². The number of ether oxygens (including phenoxy) is 1. The van der Waals surface area contributed by atoms with Crippen LogP contribution in [0.2, 0.25) is 0 Å². The van der Waals surface area contributed by atoms with Crippen molar-refractivity contribution >= 4 is 11.0 Å². The molecule has 3 atom stereocenters. The van der Waals surface area contributed by atoms with Crippen molar-refractivity contribution < 1.29 is 9.15 Å². The molecule has 1 aliphatic heterocycles. The maximum absolute atomic E-state index is 6.16. The highest BCUT2D eigenvalue weighted by molar-refractivity contribution is 5.81. The second-order valence-corrected chi connectivity index (χ2v) is 6.14. The van der Waals surface area contributed by atoms with E-state index in [2.05, 4.69) is 50.4 Å². The van der Waals surface area contributed by atoms with E-state index < -0.39 is 0 Å². The zero-order chi connectivity index (χ0) is 14.8. The van der Waals surface area contributed by atoms with E-state index in [-0.39, 0.29) is 12.1 Å². The van der Waals surface area contributed by atoms with Crippen molar-refractivity contribution in [1.82, 2.24) is 5.32 Å². The summed E-state index contributed by atoms with van der Waals surface area (Å²) in [6, 6.07) is 8.62. The first-order valence-corrected chi connectivity index (χ1v) is 8.07. The minimum absolute atomic E-state index is 0.154. The molecule has 1 aromatic heterocycles. The Morgan fingerprint density at radius 3 is 2.86 bits per heavy atom. The van der Waals surface area contributed by atoms with Gasteiger partial charge in [0.15, 0.2) is 0 Å². The first kappa shape index (κ1) is 14.6. The Balaban J connectivity index is 1.91. The highest BCUT2D eigenvalue weighted by Crippen LogP contribution is 2.33. The van der Waals surface area contributed by atoms with Crippen molar-refractivity contribution in [3.8, 4) is 0 Å². The molecule has 3 nitrogen and oxygen atoms in total. The molecule has 2 aromatic rings. The normalized spacial score (nSPS) is 23.8. The maximum atomic E-state index is 6.16. The number of nitrogens with one attached hydrogen (secondary N) is 1. The van der Waals surface area contributed by atoms with E-state index in [4.69, 9.17) is 9.15 Å². The topological polar surface area (TPSA) is 34.4 Å². The van der Waals surface area contributed by atoms with Crippen LogP contribution >= 0.6 is 0 Å². The highest BCUT2D eigenvalue weighted by Gasteiger charge is 2.32. The fraction of sp³-hybridized carbons (Fsp3) is 0.556. The van der Waals surface area contributed by atoms with Gasteiger partial charge in [-0.05, 0) is 51.3 Å². The zero-order valence-electron chi connectivity index (χ0n) is 13.2. The third-order valence-electron chi connectivity index (χ3n) is 4.32. The maximum Gasteiger partial charge on any atom is 0.137 e. The fourth-order valence-corrected chi connectivity index (χ4v) is 3.18. The molecule has 0 bridgehead atoms. The van der Waals surface area contributed by atoms with Crippen LogP contribution in [0.3, 0.4) is 0 Å². The molecule has 1 fully saturated rings. The average Bonchev–Trinajstić information content (AvgIpc) is 3.07. The second kappa shape index (κ2) is 6.20. The molecule has 0 saturated carbocycles. The summed E-state index contributed by atoms with van der Waals surface area (Å²) in [6.45, 7) is 7.41. The summed E-state index contributed by atoms with van der Waals surface area (Å²) < 4.78 is 12.2. The Hall–Kier alpha value is -1.32. The van der Waals surface area contributed by atoms with Gasteiger partial charge in [-0.2, -0.15) is 0 Å². The Bertz CT molecular complexity index is 604. The molecular formula is C18H25NO2. The molecule has 1 aliphatic rings. The molecule has 0 amide bonds. The molecule has 3 rings (SSSR count). The lowest BCUT2D eigenvalue weighted by Crippen LogP contribution is -2.32. The molecule has 1 saturated heterocycles. The van der Waals surface area contributed by atoms with E-state index in [0.29, 0.717) is 6.10 Å². The van der Waals surface area contributed by atoms with Crippen LogP contribution in [0.25, 0.3) is 11.0 Å². The van der Waals surface area contributed by atoms with Crippen LogP contribution < -0.4 is 5.32 Å². The van der Waals surface area contributed by atoms with Crippen LogP contribution in [0.1, 0.15) is 50.5 Å². The Labute approximate surface area is 126 Å². The monoisotopic (exact) mass is 287 g/mol. The second-order valence-electron chi connectivity index (χ2n) is 6.14. The molecule has 1 aromatic carbocycles. The molecule has 3 heteroatoms. The van der Waals surface area contributed by atoms with Crippen molar-refractivity contribution in [2.75, 3.05) is 6.54 Å². The Kier molecular flexibility index (Phi) is 4.32. The first-order valence-electron chi connectivity index (χ1n) is 8.07. The van der Waals surface area contributed by atoms with Crippen LogP contribution in [-0.4, -0.2) is 18.8 Å². The van der Waals surface area contributed by atoms with Crippen LogP contribution in [0, 0.1) is 6.92 Å². The van der Waals surface area contributed by atoms with E-state index in [1.807, 2.05) is 0 Å². The number of para-hydroxylation sites is 1. The van der Waals surface area contributed by atoms with Crippen LogP contribution in [0.5, 0.6) is 0 Å². The number of aryl methyl sites for hydroxylation is 1. The van der Waals surface area contributed by atoms with Crippen molar-refractivity contribution in [1.29, 1.82) is 0 Å². The molecule has 0 radical (unpaired) electrons. The summed E-state index contributed by atoms with van der Waals surface area (Å²) >= 11 is 0. The Morgan fingerprint density at radius 2 is 2.19 bits per heavy atom. The average molecular weight is 287 g/mol. The quantitative estimate of drug-likeness (QED) is 0.887. The lowest BCUT2D eigenvalue weighted by Gasteiger charge is -2.23. The van der Waals surface area contributed by atoms with E-state index >= 15 is 0 Å². The summed E-state index contributed by atoms with van der Waals surface area (Å²) in [5.41, 5.74) is 2.19. The molecule has 3 unspecified atom stereocenters. The number of hydrogen-bond donors (Lipinski definition) is 1. The van der Waals surface area contributed by atoms with Crippen LogP contribution in [0.4, 0.5) is 0 Å². The molecule has 114 valence electrons. The highest BCUT2D eigenvalue weighted by atomic mass is 16.5. The first-order chi connectivity index (χ1) is 10.2. The van der Waals surface area contributed by atoms with E-state index in [9.17, 15) is 0 Å². The van der Waals surface area contributed by atoms with E-state index in [1.165, 1.54) is 10.9 Å². The summed E-state index contributed by atoms with van der Waals surface area (Å²) in [6.07, 6.45) is 3.91. The van der Waals surface area contributed by atoms with Gasteiger partial charge in [-0.25, -0.2) is 0 Å². The van der Waals surface area contributed by atoms with Gasteiger partial charge in [-0.1, -0.05) is 25.1 Å². The SMILES string of the molecule is CCCNC(c1cc2cccc(C)c2o1)C1CCC(C)O1. The van der Waals surface area contributed by atoms with Gasteiger partial charge in [0.1, 0.15) is 11.3 Å². The smallest absolute Gasteiger partial charge is 0.137 e. The van der Waals surface area contributed by atoms with Crippen LogP contribution in [-0.2, 0) is 4.74 Å². The number of furan rings is 1. The molecule has 0 aliphatic carbocycles. The van der Waals surface area contributed by atoms with Crippen molar-refractivity contribution in [3.63, 3.8) is 0 Å². The standard InChI is InChI=1S/C18H25NO2/c1-4-10-19-17(15-9-8-13(3)20-15)16-11-14-7-5-6-12(2)18(14)21-16/h5-7,11,13,15,17,19H,4,8-10H2,1-3H3. The van der Waals surface area contributed by atoms with Gasteiger partial charge >= 0.3 is 0 Å². The van der Waals surface area contributed by atoms with Gasteiger partial charge in [0, 0.05) is 5.39 Å². The van der Waals surface area contributed by atoms with Gasteiger partial charge in [-0.3, -0.25) is 0 Å². The fourth-order valence-electron chi connectivity index (χ4n) is 3.18. The number of benzene rings is 1. The lowest BCUT2D eigenvalue weighted by atomic mass is 10.0. The minimum Gasteiger partial charge on any atom is -0.459 e. The summed E-state index contributed by atoms with van der Waals surface area (Å²) in [4.78, 5) is 0. The third-order valence-corrected chi connectivity index (χ3v) is 4.32. The predicted octanol–water partition coefficient (Wildman–Crippen LogP) is 4.35. The number of fused-ring (bicyclic) bond motifs is 1. The zero-order valence-corrected chi connectivity index (χ0v) is 13.2. The van der Waals surface area contributed by atoms with Crippen molar-refractivity contribution in [3.05, 3.63) is 35.6 Å². The third kappa shape index (κ3) is 2.99. The van der Waals surface area contributed by atoms with Gasteiger partial charge < -0.3 is 14.5 Å². The van der Waals surface area contributed by atoms with Gasteiger partial charge in [0.2, 0.25) is 0 Å².